The van der Waals surface area contributed by atoms with Crippen LogP contribution in [0.5, 0.6) is 23.0 Å². The molecule has 0 aliphatic heterocycles. The van der Waals surface area contributed by atoms with E-state index in [4.69, 9.17) is 18.9 Å². The van der Waals surface area contributed by atoms with E-state index in [0.29, 0.717) is 36.2 Å². The number of hydrazine groups is 1. The summed E-state index contributed by atoms with van der Waals surface area (Å²) in [7, 11) is 1.51. The van der Waals surface area contributed by atoms with Gasteiger partial charge in [0, 0.05) is 6.08 Å². The summed E-state index contributed by atoms with van der Waals surface area (Å²) < 4.78 is 22.2. The Morgan fingerprint density at radius 1 is 0.800 bits per heavy atom. The van der Waals surface area contributed by atoms with Gasteiger partial charge in [0.25, 0.3) is 11.8 Å². The summed E-state index contributed by atoms with van der Waals surface area (Å²) in [5.74, 6) is 1.11. The van der Waals surface area contributed by atoms with Crippen LogP contribution in [0.3, 0.4) is 0 Å². The first kappa shape index (κ1) is 25.2. The van der Waals surface area contributed by atoms with E-state index >= 15 is 0 Å². The van der Waals surface area contributed by atoms with E-state index in [0.717, 1.165) is 11.1 Å². The lowest BCUT2D eigenvalue weighted by atomic mass is 10.2. The molecule has 0 spiro atoms. The first-order valence-corrected chi connectivity index (χ1v) is 11.0. The number of nitrogens with one attached hydrogen (secondary N) is 2. The van der Waals surface area contributed by atoms with Gasteiger partial charge in [0.05, 0.1) is 13.7 Å². The third-order valence-corrected chi connectivity index (χ3v) is 4.68. The van der Waals surface area contributed by atoms with Crippen LogP contribution in [0.25, 0.3) is 6.08 Å². The van der Waals surface area contributed by atoms with Crippen LogP contribution >= 0.6 is 0 Å². The number of hydrogen-bond acceptors (Lipinski definition) is 6. The third-order valence-electron chi connectivity index (χ3n) is 4.68. The topological polar surface area (TPSA) is 95.1 Å². The molecule has 0 aliphatic rings. The SMILES string of the molecule is CCOc1cc(C=CC(=O)NNC(=O)COc2ccccc2OC)ccc1OCc1ccccc1. The molecule has 2 amide bonds. The number of para-hydroxylation sites is 2. The molecule has 0 aliphatic carbocycles. The minimum Gasteiger partial charge on any atom is -0.493 e. The summed E-state index contributed by atoms with van der Waals surface area (Å²) in [5.41, 5.74) is 6.40. The number of carbonyl (C=O) groups excluding carboxylic acids is 2. The summed E-state index contributed by atoms with van der Waals surface area (Å²) in [6.07, 6.45) is 2.91. The predicted octanol–water partition coefficient (Wildman–Crippen LogP) is 3.91. The molecule has 0 aromatic heterocycles. The van der Waals surface area contributed by atoms with Crippen molar-refractivity contribution in [1.29, 1.82) is 0 Å². The van der Waals surface area contributed by atoms with E-state index in [2.05, 4.69) is 10.9 Å². The summed E-state index contributed by atoms with van der Waals surface area (Å²) in [4.78, 5) is 24.1. The quantitative estimate of drug-likeness (QED) is 0.322. The smallest absolute Gasteiger partial charge is 0.276 e. The second kappa shape index (κ2) is 13.3. The molecule has 8 heteroatoms. The molecule has 3 rings (SSSR count). The highest BCUT2D eigenvalue weighted by atomic mass is 16.5. The van der Waals surface area contributed by atoms with Crippen LogP contribution in [0.1, 0.15) is 18.1 Å². The molecular weight excluding hydrogens is 448 g/mol. The van der Waals surface area contributed by atoms with Gasteiger partial charge in [0.1, 0.15) is 6.61 Å². The molecule has 35 heavy (non-hydrogen) atoms. The Hall–Kier alpha value is -4.46. The van der Waals surface area contributed by atoms with Gasteiger partial charge in [0.2, 0.25) is 0 Å². The van der Waals surface area contributed by atoms with Gasteiger partial charge >= 0.3 is 0 Å². The zero-order chi connectivity index (χ0) is 24.9. The Kier molecular flexibility index (Phi) is 9.56. The highest BCUT2D eigenvalue weighted by Gasteiger charge is 2.09. The number of carbonyl (C=O) groups is 2. The summed E-state index contributed by atoms with van der Waals surface area (Å²) in [5, 5.41) is 0. The molecule has 3 aromatic rings. The molecule has 0 fully saturated rings. The average Bonchev–Trinajstić information content (AvgIpc) is 2.90. The third kappa shape index (κ3) is 8.12. The van der Waals surface area contributed by atoms with Gasteiger partial charge in [-0.1, -0.05) is 48.5 Å². The van der Waals surface area contributed by atoms with Crippen LogP contribution in [0.15, 0.2) is 78.9 Å². The molecule has 3 aromatic carbocycles. The normalized spacial score (nSPS) is 10.5. The number of hydrogen-bond donors (Lipinski definition) is 2. The molecule has 0 unspecified atom stereocenters. The molecule has 8 nitrogen and oxygen atoms in total. The van der Waals surface area contributed by atoms with Crippen LogP contribution in [0.2, 0.25) is 0 Å². The number of methoxy groups -OCH3 is 1. The molecule has 0 saturated carbocycles. The number of ether oxygens (including phenoxy) is 4. The van der Waals surface area contributed by atoms with Crippen molar-refractivity contribution in [2.24, 2.45) is 0 Å². The largest absolute Gasteiger partial charge is 0.493 e. The first-order valence-electron chi connectivity index (χ1n) is 11.0. The van der Waals surface area contributed by atoms with E-state index in [1.165, 1.54) is 13.2 Å². The number of rotatable bonds is 11. The fraction of sp³-hybridized carbons (Fsp3) is 0.185. The Morgan fingerprint density at radius 2 is 1.51 bits per heavy atom. The van der Waals surface area contributed by atoms with Crippen LogP contribution in [0, 0.1) is 0 Å². The van der Waals surface area contributed by atoms with Gasteiger partial charge in [-0.05, 0) is 48.4 Å². The van der Waals surface area contributed by atoms with Crippen molar-refractivity contribution in [3.8, 4) is 23.0 Å². The standard InChI is InChI=1S/C27H28N2O6/c1-3-33-25-17-20(13-15-24(25)34-18-21-9-5-4-6-10-21)14-16-26(30)28-29-27(31)19-35-23-12-8-7-11-22(23)32-2/h4-17H,3,18-19H2,1-2H3,(H,28,30)(H,29,31). The van der Waals surface area contributed by atoms with E-state index < -0.39 is 11.8 Å². The van der Waals surface area contributed by atoms with Crippen LogP contribution in [-0.4, -0.2) is 32.1 Å². The number of amides is 2. The molecule has 0 radical (unpaired) electrons. The predicted molar refractivity (Wildman–Crippen MR) is 132 cm³/mol. The molecule has 182 valence electrons. The minimum atomic E-state index is -0.517. The Labute approximate surface area is 204 Å². The highest BCUT2D eigenvalue weighted by molar-refractivity contribution is 5.93. The van der Waals surface area contributed by atoms with Crippen molar-refractivity contribution in [2.75, 3.05) is 20.3 Å². The van der Waals surface area contributed by atoms with E-state index in [1.54, 1.807) is 42.5 Å². The van der Waals surface area contributed by atoms with Gasteiger partial charge in [-0.15, -0.1) is 0 Å². The highest BCUT2D eigenvalue weighted by Crippen LogP contribution is 2.30. The second-order valence-electron chi connectivity index (χ2n) is 7.22. The zero-order valence-corrected chi connectivity index (χ0v) is 19.7. The van der Waals surface area contributed by atoms with Gasteiger partial charge < -0.3 is 18.9 Å². The minimum absolute atomic E-state index is 0.285. The summed E-state index contributed by atoms with van der Waals surface area (Å²) in [6.45, 7) is 2.49. The van der Waals surface area contributed by atoms with Crippen molar-refractivity contribution in [1.82, 2.24) is 10.9 Å². The summed E-state index contributed by atoms with van der Waals surface area (Å²) in [6, 6.07) is 22.2. The molecule has 0 atom stereocenters. The molecular formula is C27H28N2O6. The van der Waals surface area contributed by atoms with E-state index in [-0.39, 0.29) is 6.61 Å². The van der Waals surface area contributed by atoms with Crippen LogP contribution in [-0.2, 0) is 16.2 Å². The monoisotopic (exact) mass is 476 g/mol. The van der Waals surface area contributed by atoms with E-state index in [1.807, 2.05) is 43.3 Å². The fourth-order valence-electron chi connectivity index (χ4n) is 3.01. The summed E-state index contributed by atoms with van der Waals surface area (Å²) >= 11 is 0. The maximum absolute atomic E-state index is 12.1. The zero-order valence-electron chi connectivity index (χ0n) is 19.7. The van der Waals surface area contributed by atoms with Gasteiger partial charge in [-0.2, -0.15) is 0 Å². The maximum atomic E-state index is 12.1. The second-order valence-corrected chi connectivity index (χ2v) is 7.22. The van der Waals surface area contributed by atoms with Gasteiger partial charge in [-0.25, -0.2) is 0 Å². The first-order chi connectivity index (χ1) is 17.1. The van der Waals surface area contributed by atoms with Gasteiger partial charge in [-0.3, -0.25) is 20.4 Å². The van der Waals surface area contributed by atoms with Gasteiger partial charge in [0.15, 0.2) is 29.6 Å². The van der Waals surface area contributed by atoms with Crippen molar-refractivity contribution in [3.63, 3.8) is 0 Å². The Bertz CT molecular complexity index is 1150. The lowest BCUT2D eigenvalue weighted by Crippen LogP contribution is -2.43. The lowest BCUT2D eigenvalue weighted by Gasteiger charge is -2.13. The van der Waals surface area contributed by atoms with Crippen molar-refractivity contribution in [3.05, 3.63) is 90.0 Å². The van der Waals surface area contributed by atoms with Crippen LogP contribution < -0.4 is 29.8 Å². The molecule has 0 saturated heterocycles. The molecule has 2 N–H and O–H groups in total. The Morgan fingerprint density at radius 3 is 2.26 bits per heavy atom. The average molecular weight is 477 g/mol. The number of benzene rings is 3. The fourth-order valence-corrected chi connectivity index (χ4v) is 3.01. The van der Waals surface area contributed by atoms with E-state index in [9.17, 15) is 9.59 Å². The van der Waals surface area contributed by atoms with Crippen molar-refractivity contribution < 1.29 is 28.5 Å². The maximum Gasteiger partial charge on any atom is 0.276 e. The van der Waals surface area contributed by atoms with Crippen LogP contribution in [0.4, 0.5) is 0 Å². The Balaban J connectivity index is 1.50. The van der Waals surface area contributed by atoms with Crippen molar-refractivity contribution in [2.45, 2.75) is 13.5 Å². The molecule has 0 bridgehead atoms. The lowest BCUT2D eigenvalue weighted by molar-refractivity contribution is -0.128. The van der Waals surface area contributed by atoms with Crippen molar-refractivity contribution >= 4 is 17.9 Å². The molecule has 0 heterocycles.